The zero-order chi connectivity index (χ0) is 18.5. The number of hydrogen-bond acceptors (Lipinski definition) is 4. The van der Waals surface area contributed by atoms with Crippen LogP contribution in [0.3, 0.4) is 0 Å². The Morgan fingerprint density at radius 2 is 2.00 bits per heavy atom. The molecule has 3 aromatic rings. The minimum absolute atomic E-state index is 0.202. The molecule has 1 aliphatic carbocycles. The number of nitrogens with zero attached hydrogens (tertiary/aromatic N) is 5. The Morgan fingerprint density at radius 1 is 1.19 bits per heavy atom. The van der Waals surface area contributed by atoms with Gasteiger partial charge < -0.3 is 5.32 Å². The zero-order valence-corrected chi connectivity index (χ0v) is 15.0. The number of carbonyl (C=O) groups excluding carboxylic acids is 1. The summed E-state index contributed by atoms with van der Waals surface area (Å²) in [6.07, 6.45) is 11.4. The van der Waals surface area contributed by atoms with Crippen LogP contribution in [0.1, 0.15) is 43.0 Å². The highest BCUT2D eigenvalue weighted by Crippen LogP contribution is 2.31. The summed E-state index contributed by atoms with van der Waals surface area (Å²) in [5.41, 5.74) is 1.79. The van der Waals surface area contributed by atoms with E-state index in [4.69, 9.17) is 0 Å². The van der Waals surface area contributed by atoms with Crippen LogP contribution >= 0.6 is 0 Å². The zero-order valence-electron chi connectivity index (χ0n) is 15.0. The molecule has 2 heterocycles. The van der Waals surface area contributed by atoms with Gasteiger partial charge in [0.1, 0.15) is 11.5 Å². The van der Waals surface area contributed by atoms with Crippen molar-refractivity contribution in [2.45, 2.75) is 38.3 Å². The third-order valence-electron chi connectivity index (χ3n) is 4.74. The van der Waals surface area contributed by atoms with Gasteiger partial charge in [-0.25, -0.2) is 9.36 Å². The summed E-state index contributed by atoms with van der Waals surface area (Å²) < 4.78 is 3.68. The standard InChI is InChI=1S/C20H22N6O/c27-20(22-19-12-13-21-26(19)18-8-4-5-9-18)11-10-17-15-25(24-23-17)14-16-6-2-1-3-7-16/h1-3,6-7,10-13,15,18H,4-5,8-9,14H2,(H,22,27). The molecule has 0 bridgehead atoms. The van der Waals surface area contributed by atoms with E-state index >= 15 is 0 Å². The average molecular weight is 362 g/mol. The summed E-state index contributed by atoms with van der Waals surface area (Å²) in [6, 6.07) is 12.3. The molecule has 0 unspecified atom stereocenters. The summed E-state index contributed by atoms with van der Waals surface area (Å²) in [4.78, 5) is 12.3. The molecule has 0 saturated heterocycles. The molecule has 1 aliphatic rings. The molecule has 1 N–H and O–H groups in total. The first-order chi connectivity index (χ1) is 13.3. The van der Waals surface area contributed by atoms with Crippen LogP contribution in [0.15, 0.2) is 54.9 Å². The van der Waals surface area contributed by atoms with Crippen molar-refractivity contribution < 1.29 is 4.79 Å². The number of hydrogen-bond donors (Lipinski definition) is 1. The fraction of sp³-hybridized carbons (Fsp3) is 0.300. The molecule has 1 saturated carbocycles. The van der Waals surface area contributed by atoms with Crippen molar-refractivity contribution in [2.75, 3.05) is 5.32 Å². The fourth-order valence-electron chi connectivity index (χ4n) is 3.42. The van der Waals surface area contributed by atoms with Crippen LogP contribution in [0.2, 0.25) is 0 Å². The van der Waals surface area contributed by atoms with Gasteiger partial charge in [0, 0.05) is 12.1 Å². The second kappa shape index (κ2) is 7.99. The molecule has 1 fully saturated rings. The fourth-order valence-corrected chi connectivity index (χ4v) is 3.42. The Balaban J connectivity index is 1.36. The Labute approximate surface area is 157 Å². The van der Waals surface area contributed by atoms with Gasteiger partial charge >= 0.3 is 0 Å². The van der Waals surface area contributed by atoms with Gasteiger partial charge in [-0.3, -0.25) is 4.79 Å². The van der Waals surface area contributed by atoms with E-state index in [2.05, 4.69) is 20.7 Å². The maximum absolute atomic E-state index is 12.3. The van der Waals surface area contributed by atoms with E-state index < -0.39 is 0 Å². The SMILES string of the molecule is O=C(C=Cc1cn(Cc2ccccc2)nn1)Nc1ccnn1C1CCCC1. The van der Waals surface area contributed by atoms with Gasteiger partial charge in [0.25, 0.3) is 0 Å². The maximum Gasteiger partial charge on any atom is 0.249 e. The molecule has 0 radical (unpaired) electrons. The highest BCUT2D eigenvalue weighted by molar-refractivity contribution is 6.01. The lowest BCUT2D eigenvalue weighted by Crippen LogP contribution is -2.15. The van der Waals surface area contributed by atoms with Gasteiger partial charge in [0.15, 0.2) is 0 Å². The Kier molecular flexibility index (Phi) is 5.09. The average Bonchev–Trinajstić information content (AvgIpc) is 3.43. The smallest absolute Gasteiger partial charge is 0.249 e. The van der Waals surface area contributed by atoms with Gasteiger partial charge in [-0.2, -0.15) is 5.10 Å². The number of anilines is 1. The van der Waals surface area contributed by atoms with Crippen LogP contribution in [-0.2, 0) is 11.3 Å². The number of amides is 1. The van der Waals surface area contributed by atoms with E-state index in [0.29, 0.717) is 18.3 Å². The molecule has 7 heteroatoms. The van der Waals surface area contributed by atoms with Crippen LogP contribution < -0.4 is 5.32 Å². The van der Waals surface area contributed by atoms with E-state index in [1.54, 1.807) is 17.0 Å². The van der Waals surface area contributed by atoms with Crippen molar-refractivity contribution in [1.82, 2.24) is 24.8 Å². The van der Waals surface area contributed by atoms with Gasteiger partial charge in [0.05, 0.1) is 25.0 Å². The molecule has 27 heavy (non-hydrogen) atoms. The Bertz CT molecular complexity index is 921. The summed E-state index contributed by atoms with van der Waals surface area (Å²) in [7, 11) is 0. The first-order valence-corrected chi connectivity index (χ1v) is 9.24. The number of aromatic nitrogens is 5. The van der Waals surface area contributed by atoms with Crippen molar-refractivity contribution in [1.29, 1.82) is 0 Å². The molecule has 0 aliphatic heterocycles. The lowest BCUT2D eigenvalue weighted by Gasteiger charge is -2.13. The topological polar surface area (TPSA) is 77.6 Å². The molecular formula is C20H22N6O. The second-order valence-corrected chi connectivity index (χ2v) is 6.75. The molecule has 4 rings (SSSR count). The van der Waals surface area contributed by atoms with Crippen LogP contribution in [0.5, 0.6) is 0 Å². The van der Waals surface area contributed by atoms with Crippen molar-refractivity contribution >= 4 is 17.8 Å². The van der Waals surface area contributed by atoms with Crippen LogP contribution in [0.25, 0.3) is 6.08 Å². The van der Waals surface area contributed by atoms with E-state index in [0.717, 1.165) is 24.2 Å². The summed E-state index contributed by atoms with van der Waals surface area (Å²) in [5.74, 6) is 0.539. The molecule has 0 spiro atoms. The van der Waals surface area contributed by atoms with E-state index in [-0.39, 0.29) is 5.91 Å². The van der Waals surface area contributed by atoms with Gasteiger partial charge in [-0.05, 0) is 24.5 Å². The van der Waals surface area contributed by atoms with Crippen LogP contribution in [-0.4, -0.2) is 30.7 Å². The minimum Gasteiger partial charge on any atom is -0.307 e. The number of nitrogens with one attached hydrogen (secondary N) is 1. The van der Waals surface area contributed by atoms with Crippen molar-refractivity contribution in [2.24, 2.45) is 0 Å². The number of rotatable bonds is 6. The van der Waals surface area contributed by atoms with Crippen molar-refractivity contribution in [3.63, 3.8) is 0 Å². The first-order valence-electron chi connectivity index (χ1n) is 9.24. The molecule has 1 aromatic carbocycles. The van der Waals surface area contributed by atoms with Gasteiger partial charge in [-0.15, -0.1) is 5.10 Å². The molecule has 2 aromatic heterocycles. The van der Waals surface area contributed by atoms with E-state index in [1.165, 1.54) is 18.9 Å². The van der Waals surface area contributed by atoms with Crippen LogP contribution in [0.4, 0.5) is 5.82 Å². The summed E-state index contributed by atoms with van der Waals surface area (Å²) in [6.45, 7) is 0.647. The normalized spacial score (nSPS) is 14.8. The van der Waals surface area contributed by atoms with Crippen LogP contribution in [0, 0.1) is 0 Å². The van der Waals surface area contributed by atoms with E-state index in [9.17, 15) is 4.79 Å². The van der Waals surface area contributed by atoms with E-state index in [1.807, 2.05) is 47.3 Å². The summed E-state index contributed by atoms with van der Waals surface area (Å²) in [5, 5.41) is 15.5. The predicted molar refractivity (Wildman–Crippen MR) is 103 cm³/mol. The minimum atomic E-state index is -0.202. The lowest BCUT2D eigenvalue weighted by atomic mass is 10.2. The quantitative estimate of drug-likeness (QED) is 0.683. The summed E-state index contributed by atoms with van der Waals surface area (Å²) >= 11 is 0. The molecule has 7 nitrogen and oxygen atoms in total. The Morgan fingerprint density at radius 3 is 2.81 bits per heavy atom. The largest absolute Gasteiger partial charge is 0.307 e. The second-order valence-electron chi connectivity index (χ2n) is 6.75. The third kappa shape index (κ3) is 4.31. The van der Waals surface area contributed by atoms with Gasteiger partial charge in [-0.1, -0.05) is 48.4 Å². The Hall–Kier alpha value is -3.22. The maximum atomic E-state index is 12.3. The monoisotopic (exact) mass is 362 g/mol. The van der Waals surface area contributed by atoms with Crippen molar-refractivity contribution in [3.05, 3.63) is 66.1 Å². The highest BCUT2D eigenvalue weighted by Gasteiger charge is 2.20. The predicted octanol–water partition coefficient (Wildman–Crippen LogP) is 3.29. The third-order valence-corrected chi connectivity index (χ3v) is 4.74. The molecule has 0 atom stereocenters. The first kappa shape index (κ1) is 17.2. The number of carbonyl (C=O) groups is 1. The van der Waals surface area contributed by atoms with Crippen molar-refractivity contribution in [3.8, 4) is 0 Å². The number of benzene rings is 1. The molecule has 1 amide bonds. The van der Waals surface area contributed by atoms with Gasteiger partial charge in [0.2, 0.25) is 5.91 Å². The highest BCUT2D eigenvalue weighted by atomic mass is 16.1. The molecule has 138 valence electrons. The molecular weight excluding hydrogens is 340 g/mol. The lowest BCUT2D eigenvalue weighted by molar-refractivity contribution is -0.111.